The number of rotatable bonds is 6. The maximum absolute atomic E-state index is 6.32. The van der Waals surface area contributed by atoms with E-state index >= 15 is 0 Å². The summed E-state index contributed by atoms with van der Waals surface area (Å²) in [4.78, 5) is 7.12. The standard InChI is InChI=1S/C16H22ClN3O/c1-11(17)16-18-14-10-13(21-3)6-7-15(14)20(16)9-8-19(2)12-4-5-12/h6-7,10-12H,4-5,8-9H2,1-3H3. The third-order valence-electron chi connectivity index (χ3n) is 4.19. The first-order valence-electron chi connectivity index (χ1n) is 7.48. The van der Waals surface area contributed by atoms with E-state index in [1.54, 1.807) is 7.11 Å². The minimum absolute atomic E-state index is 0.102. The molecule has 1 aliphatic rings. The van der Waals surface area contributed by atoms with E-state index in [9.17, 15) is 0 Å². The summed E-state index contributed by atoms with van der Waals surface area (Å²) in [5.74, 6) is 1.76. The lowest BCUT2D eigenvalue weighted by Crippen LogP contribution is -2.25. The van der Waals surface area contributed by atoms with Gasteiger partial charge in [0.25, 0.3) is 0 Å². The molecule has 114 valence electrons. The molecule has 0 bridgehead atoms. The van der Waals surface area contributed by atoms with Gasteiger partial charge in [0.05, 0.1) is 23.5 Å². The Morgan fingerprint density at radius 1 is 1.48 bits per heavy atom. The molecule has 4 nitrogen and oxygen atoms in total. The first-order valence-corrected chi connectivity index (χ1v) is 7.92. The van der Waals surface area contributed by atoms with Crippen molar-refractivity contribution >= 4 is 22.6 Å². The van der Waals surface area contributed by atoms with Gasteiger partial charge in [0.2, 0.25) is 0 Å². The van der Waals surface area contributed by atoms with E-state index in [4.69, 9.17) is 21.3 Å². The van der Waals surface area contributed by atoms with Crippen molar-refractivity contribution in [3.63, 3.8) is 0 Å². The van der Waals surface area contributed by atoms with E-state index in [-0.39, 0.29) is 5.38 Å². The largest absolute Gasteiger partial charge is 0.497 e. The molecule has 0 saturated heterocycles. The SMILES string of the molecule is COc1ccc2c(c1)nc(C(C)Cl)n2CCN(C)C1CC1. The number of aromatic nitrogens is 2. The number of hydrogen-bond donors (Lipinski definition) is 0. The van der Waals surface area contributed by atoms with Gasteiger partial charge in [0.1, 0.15) is 11.6 Å². The summed E-state index contributed by atoms with van der Waals surface area (Å²) in [5.41, 5.74) is 2.08. The molecule has 1 aromatic heterocycles. The molecule has 21 heavy (non-hydrogen) atoms. The van der Waals surface area contributed by atoms with Crippen molar-refractivity contribution in [2.75, 3.05) is 20.7 Å². The van der Waals surface area contributed by atoms with Crippen molar-refractivity contribution in [1.82, 2.24) is 14.5 Å². The maximum Gasteiger partial charge on any atom is 0.127 e. The molecular formula is C16H22ClN3O. The lowest BCUT2D eigenvalue weighted by Gasteiger charge is -2.18. The third-order valence-corrected chi connectivity index (χ3v) is 4.38. The van der Waals surface area contributed by atoms with Gasteiger partial charge in [0, 0.05) is 25.2 Å². The van der Waals surface area contributed by atoms with Crippen molar-refractivity contribution < 1.29 is 4.74 Å². The van der Waals surface area contributed by atoms with Gasteiger partial charge in [0.15, 0.2) is 0 Å². The lowest BCUT2D eigenvalue weighted by atomic mass is 10.3. The van der Waals surface area contributed by atoms with Gasteiger partial charge in [-0.2, -0.15) is 0 Å². The number of hydrogen-bond acceptors (Lipinski definition) is 3. The number of likely N-dealkylation sites (N-methyl/N-ethyl adjacent to an activating group) is 1. The van der Waals surface area contributed by atoms with Gasteiger partial charge in [-0.3, -0.25) is 0 Å². The highest BCUT2D eigenvalue weighted by molar-refractivity contribution is 6.20. The first-order chi connectivity index (χ1) is 10.1. The minimum Gasteiger partial charge on any atom is -0.497 e. The zero-order chi connectivity index (χ0) is 15.0. The van der Waals surface area contributed by atoms with Gasteiger partial charge < -0.3 is 14.2 Å². The van der Waals surface area contributed by atoms with Crippen molar-refractivity contribution in [1.29, 1.82) is 0 Å². The zero-order valence-electron chi connectivity index (χ0n) is 12.8. The topological polar surface area (TPSA) is 30.3 Å². The fourth-order valence-electron chi connectivity index (χ4n) is 2.75. The summed E-state index contributed by atoms with van der Waals surface area (Å²) < 4.78 is 7.52. The minimum atomic E-state index is -0.102. The summed E-state index contributed by atoms with van der Waals surface area (Å²) in [6.45, 7) is 3.92. The number of alkyl halides is 1. The highest BCUT2D eigenvalue weighted by Crippen LogP contribution is 2.28. The normalized spacial score (nSPS) is 16.6. The number of methoxy groups -OCH3 is 1. The second kappa shape index (κ2) is 5.85. The van der Waals surface area contributed by atoms with Crippen LogP contribution in [0.4, 0.5) is 0 Å². The molecule has 1 saturated carbocycles. The number of ether oxygens (including phenoxy) is 1. The van der Waals surface area contributed by atoms with E-state index in [1.807, 2.05) is 19.1 Å². The number of benzene rings is 1. The molecule has 1 aromatic carbocycles. The second-order valence-electron chi connectivity index (χ2n) is 5.80. The Kier molecular flexibility index (Phi) is 4.09. The van der Waals surface area contributed by atoms with Crippen LogP contribution in [0.1, 0.15) is 31.0 Å². The van der Waals surface area contributed by atoms with E-state index in [0.717, 1.165) is 41.7 Å². The molecule has 5 heteroatoms. The smallest absolute Gasteiger partial charge is 0.127 e. The summed E-state index contributed by atoms with van der Waals surface area (Å²) in [5, 5.41) is -0.102. The summed E-state index contributed by atoms with van der Waals surface area (Å²) in [6.07, 6.45) is 2.66. The number of halogens is 1. The molecule has 0 N–H and O–H groups in total. The molecule has 0 aliphatic heterocycles. The van der Waals surface area contributed by atoms with Crippen LogP contribution in [-0.2, 0) is 6.54 Å². The van der Waals surface area contributed by atoms with Gasteiger partial charge in [-0.05, 0) is 38.9 Å². The Morgan fingerprint density at radius 2 is 2.24 bits per heavy atom. The van der Waals surface area contributed by atoms with Crippen LogP contribution in [0, 0.1) is 0 Å². The molecule has 3 rings (SSSR count). The Balaban J connectivity index is 1.91. The molecule has 1 aliphatic carbocycles. The van der Waals surface area contributed by atoms with E-state index < -0.39 is 0 Å². The van der Waals surface area contributed by atoms with Crippen LogP contribution >= 0.6 is 11.6 Å². The van der Waals surface area contributed by atoms with Gasteiger partial charge >= 0.3 is 0 Å². The predicted octanol–water partition coefficient (Wildman–Crippen LogP) is 3.44. The van der Waals surface area contributed by atoms with Gasteiger partial charge in [-0.1, -0.05) is 0 Å². The Morgan fingerprint density at radius 3 is 2.86 bits per heavy atom. The fourth-order valence-corrected chi connectivity index (χ4v) is 2.92. The molecule has 0 spiro atoms. The number of nitrogens with zero attached hydrogens (tertiary/aromatic N) is 3. The van der Waals surface area contributed by atoms with E-state index in [0.29, 0.717) is 0 Å². The number of imidazole rings is 1. The van der Waals surface area contributed by atoms with E-state index in [1.165, 1.54) is 12.8 Å². The molecule has 1 atom stereocenters. The summed E-state index contributed by atoms with van der Waals surface area (Å²) >= 11 is 6.32. The Hall–Kier alpha value is -1.26. The van der Waals surface area contributed by atoms with Crippen LogP contribution in [0.3, 0.4) is 0 Å². The Labute approximate surface area is 130 Å². The average molecular weight is 308 g/mol. The van der Waals surface area contributed by atoms with Crippen LogP contribution in [0.25, 0.3) is 11.0 Å². The molecule has 1 unspecified atom stereocenters. The molecule has 0 radical (unpaired) electrons. The van der Waals surface area contributed by atoms with Crippen molar-refractivity contribution in [2.24, 2.45) is 0 Å². The van der Waals surface area contributed by atoms with Crippen LogP contribution < -0.4 is 4.74 Å². The molecule has 1 fully saturated rings. The van der Waals surface area contributed by atoms with Crippen LogP contribution in [-0.4, -0.2) is 41.2 Å². The van der Waals surface area contributed by atoms with Crippen LogP contribution in [0.2, 0.25) is 0 Å². The third kappa shape index (κ3) is 3.01. The Bertz CT molecular complexity index is 634. The van der Waals surface area contributed by atoms with E-state index in [2.05, 4.69) is 22.6 Å². The lowest BCUT2D eigenvalue weighted by molar-refractivity contribution is 0.309. The highest BCUT2D eigenvalue weighted by Gasteiger charge is 2.26. The summed E-state index contributed by atoms with van der Waals surface area (Å²) in [6, 6.07) is 6.80. The molecular weight excluding hydrogens is 286 g/mol. The average Bonchev–Trinajstić information content (AvgIpc) is 3.25. The van der Waals surface area contributed by atoms with Gasteiger partial charge in [-0.25, -0.2) is 4.98 Å². The molecule has 1 heterocycles. The van der Waals surface area contributed by atoms with Gasteiger partial charge in [-0.15, -0.1) is 11.6 Å². The fraction of sp³-hybridized carbons (Fsp3) is 0.562. The second-order valence-corrected chi connectivity index (χ2v) is 6.46. The van der Waals surface area contributed by atoms with Crippen LogP contribution in [0.5, 0.6) is 5.75 Å². The monoisotopic (exact) mass is 307 g/mol. The van der Waals surface area contributed by atoms with Crippen molar-refractivity contribution in [3.8, 4) is 5.75 Å². The highest BCUT2D eigenvalue weighted by atomic mass is 35.5. The summed E-state index contributed by atoms with van der Waals surface area (Å²) in [7, 11) is 3.87. The molecule has 0 amide bonds. The van der Waals surface area contributed by atoms with Crippen LogP contribution in [0.15, 0.2) is 18.2 Å². The zero-order valence-corrected chi connectivity index (χ0v) is 13.6. The van der Waals surface area contributed by atoms with Crippen molar-refractivity contribution in [2.45, 2.75) is 37.7 Å². The maximum atomic E-state index is 6.32. The number of fused-ring (bicyclic) bond motifs is 1. The van der Waals surface area contributed by atoms with Crippen molar-refractivity contribution in [3.05, 3.63) is 24.0 Å². The molecule has 2 aromatic rings. The quantitative estimate of drug-likeness (QED) is 0.766. The predicted molar refractivity (Wildman–Crippen MR) is 86.2 cm³/mol. The first kappa shape index (κ1) is 14.7.